The molecule has 0 aromatic heterocycles. The fourth-order valence-electron chi connectivity index (χ4n) is 3.35. The van der Waals surface area contributed by atoms with Crippen molar-refractivity contribution in [2.75, 3.05) is 17.2 Å². The largest absolute Gasteiger partial charge is 0.480 e. The third-order valence-corrected chi connectivity index (χ3v) is 5.94. The normalized spacial score (nSPS) is 19.2. The number of hydrogen-bond donors (Lipinski definition) is 2. The molecule has 0 bridgehead atoms. The molecule has 0 atom stereocenters. The van der Waals surface area contributed by atoms with Crippen molar-refractivity contribution in [3.63, 3.8) is 0 Å². The molecule has 0 unspecified atom stereocenters. The molecule has 0 radical (unpaired) electrons. The second-order valence-electron chi connectivity index (χ2n) is 6.38. The van der Waals surface area contributed by atoms with Gasteiger partial charge < -0.3 is 15.3 Å². The Morgan fingerprint density at radius 2 is 2.00 bits per heavy atom. The quantitative estimate of drug-likeness (QED) is 0.836. The molecule has 2 aliphatic rings. The lowest BCUT2D eigenvalue weighted by molar-refractivity contribution is -0.149. The molecule has 1 heterocycles. The highest BCUT2D eigenvalue weighted by molar-refractivity contribution is 8.00. The Kier molecular flexibility index (Phi) is 5.24. The van der Waals surface area contributed by atoms with Gasteiger partial charge in [0.15, 0.2) is 0 Å². The standard InChI is InChI=1S/C17H19ClN2O4S/c18-11-4-5-13-12(8-11)20(15(22)10-25-13)9-14(21)19-17(16(23)24)6-2-1-3-7-17/h4-5,8H,1-3,6-7,9-10H2,(H,19,21)(H,23,24). The predicted octanol–water partition coefficient (Wildman–Crippen LogP) is 2.68. The van der Waals surface area contributed by atoms with Gasteiger partial charge in [-0.15, -0.1) is 11.8 Å². The summed E-state index contributed by atoms with van der Waals surface area (Å²) in [5.41, 5.74) is -0.628. The van der Waals surface area contributed by atoms with E-state index in [0.717, 1.165) is 24.2 Å². The van der Waals surface area contributed by atoms with E-state index in [9.17, 15) is 19.5 Å². The molecule has 1 aliphatic carbocycles. The van der Waals surface area contributed by atoms with Crippen LogP contribution in [0.3, 0.4) is 0 Å². The fraction of sp³-hybridized carbons (Fsp3) is 0.471. The molecular weight excluding hydrogens is 364 g/mol. The lowest BCUT2D eigenvalue weighted by atomic mass is 9.81. The number of halogens is 1. The van der Waals surface area contributed by atoms with Gasteiger partial charge in [-0.2, -0.15) is 0 Å². The molecular formula is C17H19ClN2O4S. The number of benzene rings is 1. The second-order valence-corrected chi connectivity index (χ2v) is 7.83. The minimum atomic E-state index is -1.22. The Morgan fingerprint density at radius 3 is 2.68 bits per heavy atom. The van der Waals surface area contributed by atoms with Crippen molar-refractivity contribution in [1.29, 1.82) is 0 Å². The number of carboxylic acids is 1. The number of nitrogens with zero attached hydrogens (tertiary/aromatic N) is 1. The first-order valence-electron chi connectivity index (χ1n) is 8.18. The van der Waals surface area contributed by atoms with Crippen LogP contribution in [0.2, 0.25) is 5.02 Å². The van der Waals surface area contributed by atoms with E-state index in [1.54, 1.807) is 12.1 Å². The Labute approximate surface area is 154 Å². The molecule has 134 valence electrons. The number of aliphatic carboxylic acids is 1. The Bertz CT molecular complexity index is 719. The molecule has 2 N–H and O–H groups in total. The van der Waals surface area contributed by atoms with Gasteiger partial charge in [0.1, 0.15) is 12.1 Å². The monoisotopic (exact) mass is 382 g/mol. The van der Waals surface area contributed by atoms with Gasteiger partial charge in [-0.3, -0.25) is 9.59 Å². The topological polar surface area (TPSA) is 86.7 Å². The Hall–Kier alpha value is -1.73. The average molecular weight is 383 g/mol. The first-order chi connectivity index (χ1) is 11.9. The van der Waals surface area contributed by atoms with Crippen LogP contribution in [-0.4, -0.2) is 40.7 Å². The van der Waals surface area contributed by atoms with Gasteiger partial charge in [-0.05, 0) is 31.0 Å². The summed E-state index contributed by atoms with van der Waals surface area (Å²) in [4.78, 5) is 38.7. The fourth-order valence-corrected chi connectivity index (χ4v) is 4.43. The van der Waals surface area contributed by atoms with Crippen molar-refractivity contribution in [3.05, 3.63) is 23.2 Å². The van der Waals surface area contributed by atoms with E-state index in [1.807, 2.05) is 6.07 Å². The highest BCUT2D eigenvalue weighted by Gasteiger charge is 2.41. The van der Waals surface area contributed by atoms with Gasteiger partial charge in [-0.1, -0.05) is 30.9 Å². The van der Waals surface area contributed by atoms with Crippen LogP contribution >= 0.6 is 23.4 Å². The summed E-state index contributed by atoms with van der Waals surface area (Å²) in [5, 5.41) is 12.7. The minimum absolute atomic E-state index is 0.192. The first kappa shape index (κ1) is 18.1. The molecule has 25 heavy (non-hydrogen) atoms. The van der Waals surface area contributed by atoms with Crippen molar-refractivity contribution in [3.8, 4) is 0 Å². The maximum Gasteiger partial charge on any atom is 0.329 e. The van der Waals surface area contributed by atoms with Crippen molar-refractivity contribution in [2.45, 2.75) is 42.5 Å². The number of amides is 2. The van der Waals surface area contributed by atoms with Gasteiger partial charge in [0.05, 0.1) is 11.4 Å². The number of nitrogens with one attached hydrogen (secondary N) is 1. The third kappa shape index (κ3) is 3.77. The SMILES string of the molecule is O=C(CN1C(=O)CSc2ccc(Cl)cc21)NC1(C(=O)O)CCCCC1. The molecule has 3 rings (SSSR count). The Morgan fingerprint density at radius 1 is 1.28 bits per heavy atom. The van der Waals surface area contributed by atoms with E-state index in [2.05, 4.69) is 5.32 Å². The molecule has 1 fully saturated rings. The molecule has 1 aromatic rings. The van der Waals surface area contributed by atoms with E-state index in [1.165, 1.54) is 16.7 Å². The van der Waals surface area contributed by atoms with Crippen LogP contribution in [0.15, 0.2) is 23.1 Å². The highest BCUT2D eigenvalue weighted by atomic mass is 35.5. The van der Waals surface area contributed by atoms with E-state index < -0.39 is 17.4 Å². The maximum atomic E-state index is 12.5. The number of carbonyl (C=O) groups excluding carboxylic acids is 2. The van der Waals surface area contributed by atoms with E-state index in [0.29, 0.717) is 23.6 Å². The number of anilines is 1. The molecule has 6 nitrogen and oxygen atoms in total. The molecule has 1 aromatic carbocycles. The van der Waals surface area contributed by atoms with Gasteiger partial charge >= 0.3 is 5.97 Å². The average Bonchev–Trinajstić information content (AvgIpc) is 2.58. The zero-order chi connectivity index (χ0) is 18.0. The zero-order valence-corrected chi connectivity index (χ0v) is 15.2. The van der Waals surface area contributed by atoms with Crippen molar-refractivity contribution >= 4 is 46.8 Å². The van der Waals surface area contributed by atoms with Crippen molar-refractivity contribution in [1.82, 2.24) is 5.32 Å². The number of fused-ring (bicyclic) bond motifs is 1. The van der Waals surface area contributed by atoms with Gasteiger partial charge in [0, 0.05) is 9.92 Å². The summed E-state index contributed by atoms with van der Waals surface area (Å²) < 4.78 is 0. The number of thioether (sulfide) groups is 1. The lowest BCUT2D eigenvalue weighted by Crippen LogP contribution is -2.58. The number of rotatable bonds is 4. The van der Waals surface area contributed by atoms with E-state index in [-0.39, 0.29) is 18.2 Å². The number of hydrogen-bond acceptors (Lipinski definition) is 4. The van der Waals surface area contributed by atoms with Crippen LogP contribution in [0.25, 0.3) is 0 Å². The van der Waals surface area contributed by atoms with Crippen molar-refractivity contribution in [2.24, 2.45) is 0 Å². The second kappa shape index (κ2) is 7.25. The predicted molar refractivity (Wildman–Crippen MR) is 96.1 cm³/mol. The van der Waals surface area contributed by atoms with Crippen LogP contribution < -0.4 is 10.2 Å². The molecule has 0 saturated heterocycles. The van der Waals surface area contributed by atoms with E-state index >= 15 is 0 Å². The summed E-state index contributed by atoms with van der Waals surface area (Å²) in [6.07, 6.45) is 3.34. The number of carbonyl (C=O) groups is 3. The first-order valence-corrected chi connectivity index (χ1v) is 9.55. The summed E-state index contributed by atoms with van der Waals surface area (Å²) in [6.45, 7) is -0.207. The van der Waals surface area contributed by atoms with Gasteiger partial charge in [-0.25, -0.2) is 4.79 Å². The van der Waals surface area contributed by atoms with Crippen LogP contribution in [0, 0.1) is 0 Å². The summed E-state index contributed by atoms with van der Waals surface area (Å²) in [5.74, 6) is -1.42. The van der Waals surface area contributed by atoms with Crippen LogP contribution in [0.5, 0.6) is 0 Å². The smallest absolute Gasteiger partial charge is 0.329 e. The molecule has 1 saturated carbocycles. The van der Waals surface area contributed by atoms with Gasteiger partial charge in [0.25, 0.3) is 0 Å². The Balaban J connectivity index is 1.77. The third-order valence-electron chi connectivity index (χ3n) is 4.66. The maximum absolute atomic E-state index is 12.5. The number of carboxylic acid groups (broad SMARTS) is 1. The van der Waals surface area contributed by atoms with E-state index in [4.69, 9.17) is 11.6 Å². The molecule has 2 amide bonds. The summed E-state index contributed by atoms with van der Waals surface area (Å²) in [6, 6.07) is 5.21. The lowest BCUT2D eigenvalue weighted by Gasteiger charge is -2.35. The van der Waals surface area contributed by atoms with Crippen molar-refractivity contribution < 1.29 is 19.5 Å². The molecule has 1 aliphatic heterocycles. The van der Waals surface area contributed by atoms with Crippen LogP contribution in [0.4, 0.5) is 5.69 Å². The summed E-state index contributed by atoms with van der Waals surface area (Å²) in [7, 11) is 0. The molecule has 0 spiro atoms. The zero-order valence-electron chi connectivity index (χ0n) is 13.6. The highest BCUT2D eigenvalue weighted by Crippen LogP contribution is 2.37. The van der Waals surface area contributed by atoms with Crippen LogP contribution in [0.1, 0.15) is 32.1 Å². The van der Waals surface area contributed by atoms with Gasteiger partial charge in [0.2, 0.25) is 11.8 Å². The minimum Gasteiger partial charge on any atom is -0.480 e. The summed E-state index contributed by atoms with van der Waals surface area (Å²) >= 11 is 7.42. The van der Waals surface area contributed by atoms with Crippen LogP contribution in [-0.2, 0) is 14.4 Å². The molecule has 8 heteroatoms.